The van der Waals surface area contributed by atoms with Gasteiger partial charge in [0.1, 0.15) is 18.1 Å². The molecule has 5 nitrogen and oxygen atoms in total. The smallest absolute Gasteiger partial charge is 0.157 e. The molecule has 14 heavy (non-hydrogen) atoms. The van der Waals surface area contributed by atoms with Crippen LogP contribution in [0.2, 0.25) is 0 Å². The first-order valence-corrected chi connectivity index (χ1v) is 4.33. The number of aromatic nitrogens is 3. The summed E-state index contributed by atoms with van der Waals surface area (Å²) < 4.78 is 7.08. The van der Waals surface area contributed by atoms with Crippen molar-refractivity contribution in [2.75, 3.05) is 0 Å². The summed E-state index contributed by atoms with van der Waals surface area (Å²) in [6, 6.07) is 1.53. The summed E-state index contributed by atoms with van der Waals surface area (Å²) in [4.78, 5) is 0. The molecular formula is C9H12N4O. The van der Waals surface area contributed by atoms with Crippen molar-refractivity contribution in [3.63, 3.8) is 0 Å². The highest BCUT2D eigenvalue weighted by Gasteiger charge is 2.18. The Bertz CT molecular complexity index is 391. The van der Waals surface area contributed by atoms with E-state index in [1.165, 1.54) is 0 Å². The molecule has 0 aliphatic rings. The maximum atomic E-state index is 5.99. The largest absolute Gasteiger partial charge is 0.467 e. The van der Waals surface area contributed by atoms with Crippen LogP contribution in [0.5, 0.6) is 0 Å². The van der Waals surface area contributed by atoms with E-state index in [4.69, 9.17) is 10.2 Å². The molecule has 0 amide bonds. The minimum absolute atomic E-state index is 0.350. The second-order valence-electron chi connectivity index (χ2n) is 3.25. The van der Waals surface area contributed by atoms with Crippen LogP contribution in [0.1, 0.15) is 23.2 Å². The number of furan rings is 1. The van der Waals surface area contributed by atoms with Crippen molar-refractivity contribution < 1.29 is 4.42 Å². The molecule has 2 aromatic rings. The van der Waals surface area contributed by atoms with Gasteiger partial charge in [0.15, 0.2) is 5.82 Å². The van der Waals surface area contributed by atoms with Gasteiger partial charge in [-0.15, -0.1) is 10.2 Å². The molecule has 0 aliphatic heterocycles. The van der Waals surface area contributed by atoms with E-state index in [1.54, 1.807) is 17.2 Å². The van der Waals surface area contributed by atoms with Gasteiger partial charge in [-0.1, -0.05) is 0 Å². The third kappa shape index (κ3) is 1.31. The SMILES string of the molecule is Cc1ccoc1C(N)c1nncn1C. The van der Waals surface area contributed by atoms with Crippen LogP contribution in [0.25, 0.3) is 0 Å². The molecular weight excluding hydrogens is 180 g/mol. The van der Waals surface area contributed by atoms with E-state index in [-0.39, 0.29) is 6.04 Å². The standard InChI is InChI=1S/C9H12N4O/c1-6-3-4-14-8(6)7(10)9-12-11-5-13(9)2/h3-5,7H,10H2,1-2H3. The van der Waals surface area contributed by atoms with Crippen LogP contribution in [0.4, 0.5) is 0 Å². The summed E-state index contributed by atoms with van der Waals surface area (Å²) >= 11 is 0. The van der Waals surface area contributed by atoms with E-state index in [0.29, 0.717) is 5.82 Å². The highest BCUT2D eigenvalue weighted by atomic mass is 16.3. The van der Waals surface area contributed by atoms with Crippen LogP contribution in [0.15, 0.2) is 23.1 Å². The maximum absolute atomic E-state index is 5.99. The number of nitrogens with zero attached hydrogens (tertiary/aromatic N) is 3. The second-order valence-corrected chi connectivity index (χ2v) is 3.25. The number of nitrogens with two attached hydrogens (primary N) is 1. The lowest BCUT2D eigenvalue weighted by atomic mass is 10.1. The van der Waals surface area contributed by atoms with Crippen molar-refractivity contribution in [3.8, 4) is 0 Å². The fraction of sp³-hybridized carbons (Fsp3) is 0.333. The molecule has 74 valence electrons. The van der Waals surface area contributed by atoms with Crippen LogP contribution >= 0.6 is 0 Å². The predicted molar refractivity (Wildman–Crippen MR) is 50.5 cm³/mol. The van der Waals surface area contributed by atoms with E-state index < -0.39 is 0 Å². The minimum Gasteiger partial charge on any atom is -0.467 e. The van der Waals surface area contributed by atoms with Crippen molar-refractivity contribution in [2.24, 2.45) is 12.8 Å². The Morgan fingerprint density at radius 1 is 1.57 bits per heavy atom. The number of hydrogen-bond acceptors (Lipinski definition) is 4. The van der Waals surface area contributed by atoms with Gasteiger partial charge in [-0.3, -0.25) is 0 Å². The maximum Gasteiger partial charge on any atom is 0.157 e. The first-order chi connectivity index (χ1) is 6.70. The average Bonchev–Trinajstić information content (AvgIpc) is 2.73. The van der Waals surface area contributed by atoms with Crippen LogP contribution in [0, 0.1) is 6.92 Å². The lowest BCUT2D eigenvalue weighted by molar-refractivity contribution is 0.474. The van der Waals surface area contributed by atoms with Gasteiger partial charge < -0.3 is 14.7 Å². The highest BCUT2D eigenvalue weighted by molar-refractivity contribution is 5.22. The fourth-order valence-corrected chi connectivity index (χ4v) is 1.39. The van der Waals surface area contributed by atoms with E-state index in [1.807, 2.05) is 20.0 Å². The minimum atomic E-state index is -0.350. The zero-order valence-corrected chi connectivity index (χ0v) is 8.14. The predicted octanol–water partition coefficient (Wildman–Crippen LogP) is 0.765. The Hall–Kier alpha value is -1.62. The van der Waals surface area contributed by atoms with E-state index in [2.05, 4.69) is 10.2 Å². The highest BCUT2D eigenvalue weighted by Crippen LogP contribution is 2.21. The summed E-state index contributed by atoms with van der Waals surface area (Å²) in [5.74, 6) is 1.43. The molecule has 0 aromatic carbocycles. The van der Waals surface area contributed by atoms with Crippen LogP contribution in [-0.2, 0) is 7.05 Å². The summed E-state index contributed by atoms with van der Waals surface area (Å²) in [6.45, 7) is 1.95. The van der Waals surface area contributed by atoms with Crippen molar-refractivity contribution in [1.29, 1.82) is 0 Å². The van der Waals surface area contributed by atoms with Crippen molar-refractivity contribution >= 4 is 0 Å². The molecule has 2 N–H and O–H groups in total. The molecule has 1 atom stereocenters. The molecule has 0 radical (unpaired) electrons. The van der Waals surface area contributed by atoms with E-state index >= 15 is 0 Å². The fourth-order valence-electron chi connectivity index (χ4n) is 1.39. The summed E-state index contributed by atoms with van der Waals surface area (Å²) in [6.07, 6.45) is 3.24. The Balaban J connectivity index is 2.38. The third-order valence-corrected chi connectivity index (χ3v) is 2.21. The molecule has 2 aromatic heterocycles. The molecule has 2 rings (SSSR count). The van der Waals surface area contributed by atoms with E-state index in [0.717, 1.165) is 11.3 Å². The van der Waals surface area contributed by atoms with Crippen LogP contribution in [0.3, 0.4) is 0 Å². The Morgan fingerprint density at radius 3 is 2.86 bits per heavy atom. The lowest BCUT2D eigenvalue weighted by Gasteiger charge is -2.08. The molecule has 0 bridgehead atoms. The van der Waals surface area contributed by atoms with Gasteiger partial charge in [0.25, 0.3) is 0 Å². The number of rotatable bonds is 2. The van der Waals surface area contributed by atoms with Crippen LogP contribution < -0.4 is 5.73 Å². The monoisotopic (exact) mass is 192 g/mol. The van der Waals surface area contributed by atoms with Crippen LogP contribution in [-0.4, -0.2) is 14.8 Å². The zero-order valence-electron chi connectivity index (χ0n) is 8.14. The molecule has 1 unspecified atom stereocenters. The van der Waals surface area contributed by atoms with Gasteiger partial charge in [0.05, 0.1) is 6.26 Å². The molecule has 0 saturated heterocycles. The third-order valence-electron chi connectivity index (χ3n) is 2.21. The molecule has 5 heteroatoms. The Labute approximate surface area is 81.5 Å². The number of hydrogen-bond donors (Lipinski definition) is 1. The van der Waals surface area contributed by atoms with Gasteiger partial charge in [-0.05, 0) is 18.6 Å². The lowest BCUT2D eigenvalue weighted by Crippen LogP contribution is -2.16. The first kappa shape index (κ1) is 8.96. The average molecular weight is 192 g/mol. The number of aryl methyl sites for hydroxylation is 2. The molecule has 2 heterocycles. The van der Waals surface area contributed by atoms with E-state index in [9.17, 15) is 0 Å². The molecule has 0 saturated carbocycles. The van der Waals surface area contributed by atoms with Crippen molar-refractivity contribution in [2.45, 2.75) is 13.0 Å². The van der Waals surface area contributed by atoms with Gasteiger partial charge in [0, 0.05) is 7.05 Å². The second kappa shape index (κ2) is 3.26. The van der Waals surface area contributed by atoms with Gasteiger partial charge in [0.2, 0.25) is 0 Å². The summed E-state index contributed by atoms with van der Waals surface area (Å²) in [7, 11) is 1.85. The normalized spacial score (nSPS) is 13.1. The van der Waals surface area contributed by atoms with Gasteiger partial charge in [-0.2, -0.15) is 0 Å². The molecule has 0 aliphatic carbocycles. The Kier molecular flexibility index (Phi) is 2.09. The van der Waals surface area contributed by atoms with Gasteiger partial charge >= 0.3 is 0 Å². The van der Waals surface area contributed by atoms with Crippen molar-refractivity contribution in [1.82, 2.24) is 14.8 Å². The quantitative estimate of drug-likeness (QED) is 0.762. The summed E-state index contributed by atoms with van der Waals surface area (Å²) in [5.41, 5.74) is 7.02. The zero-order chi connectivity index (χ0) is 10.1. The topological polar surface area (TPSA) is 69.9 Å². The first-order valence-electron chi connectivity index (χ1n) is 4.33. The van der Waals surface area contributed by atoms with Gasteiger partial charge in [-0.25, -0.2) is 0 Å². The van der Waals surface area contributed by atoms with Crippen molar-refractivity contribution in [3.05, 3.63) is 35.8 Å². The summed E-state index contributed by atoms with van der Waals surface area (Å²) in [5, 5.41) is 7.71. The molecule has 0 fully saturated rings. The molecule has 0 spiro atoms. The Morgan fingerprint density at radius 2 is 2.36 bits per heavy atom.